The lowest BCUT2D eigenvalue weighted by atomic mass is 10.1. The zero-order valence-corrected chi connectivity index (χ0v) is 12.2. The predicted octanol–water partition coefficient (Wildman–Crippen LogP) is 4.13. The highest BCUT2D eigenvalue weighted by atomic mass is 16.5. The van der Waals surface area contributed by atoms with Gasteiger partial charge in [0, 0.05) is 5.39 Å². The molecule has 112 valence electrons. The second kappa shape index (κ2) is 5.89. The Bertz CT molecular complexity index is 810. The summed E-state index contributed by atoms with van der Waals surface area (Å²) in [7, 11) is 0. The van der Waals surface area contributed by atoms with Crippen LogP contribution in [-0.2, 0) is 6.54 Å². The molecule has 0 saturated heterocycles. The lowest BCUT2D eigenvalue weighted by Gasteiger charge is -2.09. The van der Waals surface area contributed by atoms with Crippen LogP contribution in [0.1, 0.15) is 5.56 Å². The standard InChI is InChI=1S/C17H16N2O3/c1-12-7-8-15-14(11-12)16(18-21)17(20)19(15)9-10-22-13-5-3-2-4-6-13/h2-8,11,20H,9-10H2,1H3. The molecule has 0 aliphatic rings. The number of benzene rings is 2. The third-order valence-electron chi connectivity index (χ3n) is 3.58. The summed E-state index contributed by atoms with van der Waals surface area (Å²) in [6, 6.07) is 15.1. The van der Waals surface area contributed by atoms with Crippen LogP contribution in [0.5, 0.6) is 11.6 Å². The quantitative estimate of drug-likeness (QED) is 0.720. The molecule has 1 heterocycles. The number of ether oxygens (including phenoxy) is 1. The van der Waals surface area contributed by atoms with Crippen LogP contribution in [0.15, 0.2) is 53.7 Å². The molecule has 0 amide bonds. The maximum atomic E-state index is 11.0. The van der Waals surface area contributed by atoms with Crippen LogP contribution in [0.3, 0.4) is 0 Å². The highest BCUT2D eigenvalue weighted by molar-refractivity contribution is 5.95. The second-order valence-corrected chi connectivity index (χ2v) is 5.10. The minimum atomic E-state index is -0.118. The van der Waals surface area contributed by atoms with Crippen LogP contribution in [-0.4, -0.2) is 16.3 Å². The van der Waals surface area contributed by atoms with E-state index in [4.69, 9.17) is 4.74 Å². The van der Waals surface area contributed by atoms with E-state index >= 15 is 0 Å². The Hall–Kier alpha value is -2.82. The van der Waals surface area contributed by atoms with Crippen molar-refractivity contribution in [2.24, 2.45) is 5.18 Å². The highest BCUT2D eigenvalue weighted by Crippen LogP contribution is 2.38. The van der Waals surface area contributed by atoms with E-state index in [2.05, 4.69) is 5.18 Å². The highest BCUT2D eigenvalue weighted by Gasteiger charge is 2.17. The van der Waals surface area contributed by atoms with Crippen LogP contribution in [0.25, 0.3) is 10.9 Å². The number of rotatable bonds is 5. The number of aryl methyl sites for hydroxylation is 1. The van der Waals surface area contributed by atoms with E-state index in [0.29, 0.717) is 18.5 Å². The minimum Gasteiger partial charge on any atom is -0.493 e. The topological polar surface area (TPSA) is 63.8 Å². The van der Waals surface area contributed by atoms with Crippen molar-refractivity contribution in [3.63, 3.8) is 0 Å². The molecular formula is C17H16N2O3. The Kier molecular flexibility index (Phi) is 3.78. The summed E-state index contributed by atoms with van der Waals surface area (Å²) in [5.41, 5.74) is 1.86. The molecule has 0 fully saturated rings. The Morgan fingerprint density at radius 3 is 2.68 bits per heavy atom. The maximum absolute atomic E-state index is 11.0. The average Bonchev–Trinajstić information content (AvgIpc) is 2.79. The monoisotopic (exact) mass is 296 g/mol. The lowest BCUT2D eigenvalue weighted by molar-refractivity contribution is 0.290. The van der Waals surface area contributed by atoms with Crippen molar-refractivity contribution in [3.05, 3.63) is 59.0 Å². The smallest absolute Gasteiger partial charge is 0.222 e. The number of fused-ring (bicyclic) bond motifs is 1. The van der Waals surface area contributed by atoms with Crippen molar-refractivity contribution in [3.8, 4) is 11.6 Å². The van der Waals surface area contributed by atoms with Crippen molar-refractivity contribution in [1.29, 1.82) is 0 Å². The first-order valence-electron chi connectivity index (χ1n) is 7.03. The molecule has 5 nitrogen and oxygen atoms in total. The van der Waals surface area contributed by atoms with Crippen molar-refractivity contribution in [2.75, 3.05) is 6.61 Å². The molecule has 0 spiro atoms. The zero-order chi connectivity index (χ0) is 15.5. The maximum Gasteiger partial charge on any atom is 0.222 e. The van der Waals surface area contributed by atoms with E-state index in [1.165, 1.54) is 0 Å². The number of hydrogen-bond acceptors (Lipinski definition) is 4. The molecule has 22 heavy (non-hydrogen) atoms. The molecule has 0 saturated carbocycles. The second-order valence-electron chi connectivity index (χ2n) is 5.10. The van der Waals surface area contributed by atoms with E-state index in [1.54, 1.807) is 4.57 Å². The van der Waals surface area contributed by atoms with Crippen LogP contribution < -0.4 is 4.74 Å². The molecular weight excluding hydrogens is 280 g/mol. The van der Waals surface area contributed by atoms with Gasteiger partial charge in [-0.25, -0.2) is 0 Å². The molecule has 0 aliphatic heterocycles. The fraction of sp³-hybridized carbons (Fsp3) is 0.176. The van der Waals surface area contributed by atoms with E-state index < -0.39 is 0 Å². The number of hydrogen-bond donors (Lipinski definition) is 1. The SMILES string of the molecule is Cc1ccc2c(c1)c(N=O)c(O)n2CCOc1ccccc1. The molecule has 0 bridgehead atoms. The summed E-state index contributed by atoms with van der Waals surface area (Å²) in [6.45, 7) is 2.74. The van der Waals surface area contributed by atoms with Gasteiger partial charge in [0.1, 0.15) is 12.4 Å². The third-order valence-corrected chi connectivity index (χ3v) is 3.58. The Morgan fingerprint density at radius 1 is 1.18 bits per heavy atom. The van der Waals surface area contributed by atoms with E-state index in [-0.39, 0.29) is 11.6 Å². The van der Waals surface area contributed by atoms with Gasteiger partial charge in [0.2, 0.25) is 5.88 Å². The Morgan fingerprint density at radius 2 is 1.95 bits per heavy atom. The summed E-state index contributed by atoms with van der Waals surface area (Å²) in [4.78, 5) is 11.0. The van der Waals surface area contributed by atoms with Crippen molar-refractivity contribution in [2.45, 2.75) is 13.5 Å². The van der Waals surface area contributed by atoms with Crippen LogP contribution >= 0.6 is 0 Å². The molecule has 3 aromatic rings. The van der Waals surface area contributed by atoms with Gasteiger partial charge in [-0.15, -0.1) is 4.91 Å². The van der Waals surface area contributed by atoms with Crippen molar-refractivity contribution < 1.29 is 9.84 Å². The predicted molar refractivity (Wildman–Crippen MR) is 85.7 cm³/mol. The molecule has 3 rings (SSSR count). The van der Waals surface area contributed by atoms with E-state index in [9.17, 15) is 10.0 Å². The first-order chi connectivity index (χ1) is 10.7. The lowest BCUT2D eigenvalue weighted by Crippen LogP contribution is -2.07. The zero-order valence-electron chi connectivity index (χ0n) is 12.2. The first-order valence-corrected chi connectivity index (χ1v) is 7.03. The van der Waals surface area contributed by atoms with E-state index in [1.807, 2.05) is 55.5 Å². The summed E-state index contributed by atoms with van der Waals surface area (Å²) >= 11 is 0. The molecule has 0 aliphatic carbocycles. The van der Waals surface area contributed by atoms with Gasteiger partial charge < -0.3 is 14.4 Å². The van der Waals surface area contributed by atoms with Gasteiger partial charge in [0.05, 0.1) is 12.1 Å². The summed E-state index contributed by atoms with van der Waals surface area (Å²) < 4.78 is 7.29. The third kappa shape index (κ3) is 2.53. The number of nitroso groups, excluding NO2 is 1. The van der Waals surface area contributed by atoms with Gasteiger partial charge in [-0.1, -0.05) is 29.8 Å². The summed E-state index contributed by atoms with van der Waals surface area (Å²) in [6.07, 6.45) is 0. The van der Waals surface area contributed by atoms with Gasteiger partial charge in [0.25, 0.3) is 0 Å². The van der Waals surface area contributed by atoms with Gasteiger partial charge in [-0.2, -0.15) is 0 Å². The largest absolute Gasteiger partial charge is 0.493 e. The van der Waals surface area contributed by atoms with Crippen molar-refractivity contribution >= 4 is 16.6 Å². The fourth-order valence-corrected chi connectivity index (χ4v) is 2.53. The van der Waals surface area contributed by atoms with Crippen LogP contribution in [0.2, 0.25) is 0 Å². The fourth-order valence-electron chi connectivity index (χ4n) is 2.53. The van der Waals surface area contributed by atoms with Gasteiger partial charge in [-0.3, -0.25) is 0 Å². The van der Waals surface area contributed by atoms with Crippen LogP contribution in [0.4, 0.5) is 5.69 Å². The Labute approximate surface area is 127 Å². The number of aromatic hydroxyl groups is 1. The molecule has 1 N–H and O–H groups in total. The molecule has 1 aromatic heterocycles. The summed E-state index contributed by atoms with van der Waals surface area (Å²) in [5.74, 6) is 0.648. The first kappa shape index (κ1) is 14.1. The number of para-hydroxylation sites is 1. The van der Waals surface area contributed by atoms with Crippen LogP contribution in [0, 0.1) is 11.8 Å². The molecule has 5 heteroatoms. The molecule has 0 radical (unpaired) electrons. The van der Waals surface area contributed by atoms with Gasteiger partial charge >= 0.3 is 0 Å². The Balaban J connectivity index is 1.87. The summed E-state index contributed by atoms with van der Waals surface area (Å²) in [5, 5.41) is 13.8. The number of nitrogens with zero attached hydrogens (tertiary/aromatic N) is 2. The molecule has 0 atom stereocenters. The van der Waals surface area contributed by atoms with E-state index in [0.717, 1.165) is 16.8 Å². The van der Waals surface area contributed by atoms with Gasteiger partial charge in [0.15, 0.2) is 5.69 Å². The molecule has 2 aromatic carbocycles. The number of aromatic nitrogens is 1. The van der Waals surface area contributed by atoms with Gasteiger partial charge in [-0.05, 0) is 36.4 Å². The molecule has 0 unspecified atom stereocenters. The normalized spacial score (nSPS) is 10.8. The average molecular weight is 296 g/mol. The minimum absolute atomic E-state index is 0.0819. The van der Waals surface area contributed by atoms with Crippen molar-refractivity contribution in [1.82, 2.24) is 4.57 Å².